The first-order valence-electron chi connectivity index (χ1n) is 5.90. The number of hydrogen-bond acceptors (Lipinski definition) is 2. The molecule has 0 saturated carbocycles. The van der Waals surface area contributed by atoms with E-state index in [-0.39, 0.29) is 5.82 Å². The van der Waals surface area contributed by atoms with Gasteiger partial charge in [0.15, 0.2) is 0 Å². The van der Waals surface area contributed by atoms with Gasteiger partial charge >= 0.3 is 0 Å². The van der Waals surface area contributed by atoms with E-state index in [4.69, 9.17) is 0 Å². The van der Waals surface area contributed by atoms with Crippen molar-refractivity contribution in [2.24, 2.45) is 0 Å². The molecule has 0 radical (unpaired) electrons. The highest BCUT2D eigenvalue weighted by molar-refractivity contribution is 9.10. The summed E-state index contributed by atoms with van der Waals surface area (Å²) in [5, 5.41) is 5.53. The Morgan fingerprint density at radius 2 is 2.06 bits per heavy atom. The third-order valence-corrected chi connectivity index (χ3v) is 4.54. The number of aryl methyl sites for hydroxylation is 1. The van der Waals surface area contributed by atoms with Crippen LogP contribution in [0.4, 0.5) is 4.39 Å². The van der Waals surface area contributed by atoms with Gasteiger partial charge in [-0.3, -0.25) is 0 Å². The summed E-state index contributed by atoms with van der Waals surface area (Å²) in [4.78, 5) is 1.38. The van der Waals surface area contributed by atoms with Crippen LogP contribution >= 0.6 is 27.3 Å². The fourth-order valence-electron chi connectivity index (χ4n) is 1.81. The van der Waals surface area contributed by atoms with Gasteiger partial charge in [-0.1, -0.05) is 28.9 Å². The normalized spacial score (nSPS) is 10.8. The Balaban J connectivity index is 1.92. The summed E-state index contributed by atoms with van der Waals surface area (Å²) in [6.45, 7) is 3.77. The average Bonchev–Trinajstić information content (AvgIpc) is 2.79. The largest absolute Gasteiger partial charge is 0.308 e. The molecule has 18 heavy (non-hydrogen) atoms. The molecule has 0 spiro atoms. The van der Waals surface area contributed by atoms with Crippen molar-refractivity contribution < 1.29 is 4.39 Å². The van der Waals surface area contributed by atoms with Crippen molar-refractivity contribution in [3.63, 3.8) is 0 Å². The van der Waals surface area contributed by atoms with E-state index in [0.29, 0.717) is 0 Å². The molecule has 0 aliphatic rings. The first kappa shape index (κ1) is 13.7. The molecule has 0 atom stereocenters. The molecule has 2 rings (SSSR count). The van der Waals surface area contributed by atoms with Crippen LogP contribution in [0.5, 0.6) is 0 Å². The summed E-state index contributed by atoms with van der Waals surface area (Å²) in [6.07, 6.45) is 1.07. The summed E-state index contributed by atoms with van der Waals surface area (Å²) in [5.74, 6) is -0.211. The van der Waals surface area contributed by atoms with Crippen molar-refractivity contribution in [2.45, 2.75) is 26.4 Å². The third kappa shape index (κ3) is 3.40. The number of rotatable bonds is 5. The van der Waals surface area contributed by atoms with Crippen molar-refractivity contribution >= 4 is 27.3 Å². The second kappa shape index (κ2) is 6.45. The Morgan fingerprint density at radius 1 is 1.22 bits per heavy atom. The van der Waals surface area contributed by atoms with E-state index in [1.807, 2.05) is 6.07 Å². The van der Waals surface area contributed by atoms with Gasteiger partial charge < -0.3 is 5.32 Å². The molecule has 0 aliphatic carbocycles. The van der Waals surface area contributed by atoms with Gasteiger partial charge in [0.1, 0.15) is 5.82 Å². The monoisotopic (exact) mass is 327 g/mol. The molecule has 1 heterocycles. The van der Waals surface area contributed by atoms with Gasteiger partial charge in [0.05, 0.1) is 0 Å². The topological polar surface area (TPSA) is 12.0 Å². The fraction of sp³-hybridized carbons (Fsp3) is 0.286. The van der Waals surface area contributed by atoms with Crippen LogP contribution in [0.15, 0.2) is 34.1 Å². The standard InChI is InChI=1S/C14H15BrFNS/c1-2-10-5-6-18-14(10)9-17-8-11-3-4-12(16)7-13(11)15/h3-7,17H,2,8-9H2,1H3. The van der Waals surface area contributed by atoms with Crippen LogP contribution in [-0.4, -0.2) is 0 Å². The molecule has 2 aromatic rings. The van der Waals surface area contributed by atoms with E-state index in [1.165, 1.54) is 22.6 Å². The first-order chi connectivity index (χ1) is 8.70. The lowest BCUT2D eigenvalue weighted by molar-refractivity contribution is 0.623. The molecular weight excluding hydrogens is 313 g/mol. The maximum Gasteiger partial charge on any atom is 0.124 e. The van der Waals surface area contributed by atoms with Crippen molar-refractivity contribution in [3.05, 3.63) is 55.9 Å². The van der Waals surface area contributed by atoms with Crippen LogP contribution in [0.2, 0.25) is 0 Å². The Morgan fingerprint density at radius 3 is 2.78 bits per heavy atom. The summed E-state index contributed by atoms with van der Waals surface area (Å²) in [5.41, 5.74) is 2.48. The van der Waals surface area contributed by atoms with Gasteiger partial charge in [-0.15, -0.1) is 11.3 Å². The predicted molar refractivity (Wildman–Crippen MR) is 78.3 cm³/mol. The summed E-state index contributed by atoms with van der Waals surface area (Å²) in [6, 6.07) is 6.97. The molecule has 1 N–H and O–H groups in total. The minimum atomic E-state index is -0.211. The van der Waals surface area contributed by atoms with Crippen molar-refractivity contribution in [1.82, 2.24) is 5.32 Å². The average molecular weight is 328 g/mol. The van der Waals surface area contributed by atoms with Crippen LogP contribution in [-0.2, 0) is 19.5 Å². The van der Waals surface area contributed by atoms with Gasteiger partial charge in [0, 0.05) is 22.4 Å². The predicted octanol–water partition coefficient (Wildman–Crippen LogP) is 4.50. The SMILES string of the molecule is CCc1ccsc1CNCc1ccc(F)cc1Br. The van der Waals surface area contributed by atoms with Crippen LogP contribution in [0.25, 0.3) is 0 Å². The number of nitrogens with one attached hydrogen (secondary N) is 1. The number of thiophene rings is 1. The van der Waals surface area contributed by atoms with E-state index in [9.17, 15) is 4.39 Å². The molecule has 0 saturated heterocycles. The van der Waals surface area contributed by atoms with E-state index in [1.54, 1.807) is 11.3 Å². The molecule has 4 heteroatoms. The lowest BCUT2D eigenvalue weighted by Gasteiger charge is -2.07. The number of benzene rings is 1. The van der Waals surface area contributed by atoms with Crippen LogP contribution in [0.3, 0.4) is 0 Å². The fourth-order valence-corrected chi connectivity index (χ4v) is 3.25. The molecule has 0 fully saturated rings. The van der Waals surface area contributed by atoms with Gasteiger partial charge in [-0.2, -0.15) is 0 Å². The Hall–Kier alpha value is -0.710. The zero-order valence-corrected chi connectivity index (χ0v) is 12.6. The smallest absolute Gasteiger partial charge is 0.124 e. The minimum Gasteiger partial charge on any atom is -0.308 e. The molecular formula is C14H15BrFNS. The quantitative estimate of drug-likeness (QED) is 0.852. The highest BCUT2D eigenvalue weighted by Gasteiger charge is 2.04. The van der Waals surface area contributed by atoms with Gasteiger partial charge in [-0.25, -0.2) is 4.39 Å². The second-order valence-electron chi connectivity index (χ2n) is 4.06. The molecule has 0 amide bonds. The van der Waals surface area contributed by atoms with E-state index in [0.717, 1.165) is 29.5 Å². The van der Waals surface area contributed by atoms with Crippen molar-refractivity contribution in [3.8, 4) is 0 Å². The molecule has 1 aromatic heterocycles. The molecule has 0 aliphatic heterocycles. The second-order valence-corrected chi connectivity index (χ2v) is 5.92. The van der Waals surface area contributed by atoms with Gasteiger partial charge in [-0.05, 0) is 41.1 Å². The lowest BCUT2D eigenvalue weighted by Crippen LogP contribution is -2.13. The summed E-state index contributed by atoms with van der Waals surface area (Å²) < 4.78 is 13.8. The molecule has 0 bridgehead atoms. The van der Waals surface area contributed by atoms with Crippen LogP contribution in [0.1, 0.15) is 22.9 Å². The zero-order valence-electron chi connectivity index (χ0n) is 10.2. The van der Waals surface area contributed by atoms with Crippen molar-refractivity contribution in [1.29, 1.82) is 0 Å². The Kier molecular flexibility index (Phi) is 4.92. The lowest BCUT2D eigenvalue weighted by atomic mass is 10.2. The van der Waals surface area contributed by atoms with Crippen LogP contribution < -0.4 is 5.32 Å². The third-order valence-electron chi connectivity index (χ3n) is 2.83. The van der Waals surface area contributed by atoms with Gasteiger partial charge in [0.2, 0.25) is 0 Å². The molecule has 0 unspecified atom stereocenters. The number of hydrogen-bond donors (Lipinski definition) is 1. The van der Waals surface area contributed by atoms with E-state index in [2.05, 4.69) is 39.6 Å². The minimum absolute atomic E-state index is 0.211. The van der Waals surface area contributed by atoms with Gasteiger partial charge in [0.25, 0.3) is 0 Å². The van der Waals surface area contributed by atoms with E-state index < -0.39 is 0 Å². The Labute approximate surface area is 119 Å². The number of halogens is 2. The molecule has 1 nitrogen and oxygen atoms in total. The van der Waals surface area contributed by atoms with Crippen molar-refractivity contribution in [2.75, 3.05) is 0 Å². The summed E-state index contributed by atoms with van der Waals surface area (Å²) >= 11 is 5.16. The maximum atomic E-state index is 12.9. The van der Waals surface area contributed by atoms with E-state index >= 15 is 0 Å². The first-order valence-corrected chi connectivity index (χ1v) is 7.58. The Bertz CT molecular complexity index is 524. The summed E-state index contributed by atoms with van der Waals surface area (Å²) in [7, 11) is 0. The highest BCUT2D eigenvalue weighted by atomic mass is 79.9. The maximum absolute atomic E-state index is 12.9. The highest BCUT2D eigenvalue weighted by Crippen LogP contribution is 2.19. The molecule has 1 aromatic carbocycles. The zero-order chi connectivity index (χ0) is 13.0. The molecule has 96 valence electrons. The van der Waals surface area contributed by atoms with Crippen LogP contribution in [0, 0.1) is 5.82 Å².